The molecule has 5 nitrogen and oxygen atoms in total. The minimum absolute atomic E-state index is 0.599. The van der Waals surface area contributed by atoms with E-state index >= 15 is 0 Å². The van der Waals surface area contributed by atoms with Crippen LogP contribution in [0.1, 0.15) is 52.3 Å². The molecule has 1 rings (SSSR count). The van der Waals surface area contributed by atoms with Gasteiger partial charge in [-0.1, -0.05) is 20.8 Å². The van der Waals surface area contributed by atoms with Gasteiger partial charge < -0.3 is 15.0 Å². The molecular weight excluding hydrogens is 254 g/mol. The molecule has 114 valence electrons. The van der Waals surface area contributed by atoms with Gasteiger partial charge in [0.1, 0.15) is 11.4 Å². The van der Waals surface area contributed by atoms with E-state index in [0.717, 1.165) is 31.6 Å². The van der Waals surface area contributed by atoms with Crippen LogP contribution < -0.4 is 5.32 Å². The van der Waals surface area contributed by atoms with E-state index in [9.17, 15) is 9.90 Å². The summed E-state index contributed by atoms with van der Waals surface area (Å²) < 4.78 is 2.14. The maximum atomic E-state index is 11.5. The third-order valence-electron chi connectivity index (χ3n) is 3.81. The number of nitrogens with one attached hydrogen (secondary N) is 1. The fourth-order valence-corrected chi connectivity index (χ4v) is 2.61. The Morgan fingerprint density at radius 2 is 2.20 bits per heavy atom. The van der Waals surface area contributed by atoms with Crippen molar-refractivity contribution < 1.29 is 9.90 Å². The summed E-state index contributed by atoms with van der Waals surface area (Å²) in [7, 11) is 0. The minimum Gasteiger partial charge on any atom is -0.480 e. The zero-order valence-electron chi connectivity index (χ0n) is 12.9. The van der Waals surface area contributed by atoms with Gasteiger partial charge in [0.15, 0.2) is 0 Å². The van der Waals surface area contributed by atoms with Crippen LogP contribution in [-0.2, 0) is 17.8 Å². The monoisotopic (exact) mass is 281 g/mol. The first-order valence-electron chi connectivity index (χ1n) is 7.58. The second-order valence-electron chi connectivity index (χ2n) is 5.16. The number of carboxylic acids is 1. The van der Waals surface area contributed by atoms with Crippen molar-refractivity contribution in [3.63, 3.8) is 0 Å². The Kier molecular flexibility index (Phi) is 6.71. The number of imidazole rings is 1. The topological polar surface area (TPSA) is 67.2 Å². The number of aliphatic carboxylic acids is 1. The Hall–Kier alpha value is -1.36. The smallest absolute Gasteiger partial charge is 0.323 e. The van der Waals surface area contributed by atoms with Gasteiger partial charge in [0.25, 0.3) is 0 Å². The van der Waals surface area contributed by atoms with E-state index in [0.29, 0.717) is 19.4 Å². The summed E-state index contributed by atoms with van der Waals surface area (Å²) in [4.78, 5) is 15.9. The molecule has 0 fully saturated rings. The van der Waals surface area contributed by atoms with Gasteiger partial charge in [-0.2, -0.15) is 0 Å². The molecule has 0 radical (unpaired) electrons. The van der Waals surface area contributed by atoms with Gasteiger partial charge in [0.05, 0.1) is 0 Å². The van der Waals surface area contributed by atoms with Crippen molar-refractivity contribution >= 4 is 5.97 Å². The quantitative estimate of drug-likeness (QED) is 0.691. The number of aromatic nitrogens is 2. The highest BCUT2D eigenvalue weighted by molar-refractivity contribution is 5.78. The normalized spacial score (nSPS) is 14.2. The highest BCUT2D eigenvalue weighted by atomic mass is 16.4. The Labute approximate surface area is 121 Å². The number of carbonyl (C=O) groups is 1. The molecule has 0 saturated carbocycles. The fraction of sp³-hybridized carbons (Fsp3) is 0.733. The van der Waals surface area contributed by atoms with Crippen LogP contribution in [0.5, 0.6) is 0 Å². The van der Waals surface area contributed by atoms with Crippen LogP contribution in [0.4, 0.5) is 0 Å². The standard InChI is InChI=1S/C15H27N3O2/c1-4-8-13-16-10-12-18(13)11-7-9-15(5-2,14(19)20)17-6-3/h10,12,17H,4-9,11H2,1-3H3,(H,19,20). The van der Waals surface area contributed by atoms with E-state index in [1.807, 2.05) is 26.2 Å². The third kappa shape index (κ3) is 4.07. The molecule has 0 aliphatic heterocycles. The summed E-state index contributed by atoms with van der Waals surface area (Å²) in [5.74, 6) is 0.342. The van der Waals surface area contributed by atoms with Gasteiger partial charge in [-0.25, -0.2) is 4.98 Å². The molecule has 5 heteroatoms. The molecule has 1 unspecified atom stereocenters. The molecule has 20 heavy (non-hydrogen) atoms. The number of nitrogens with zero attached hydrogens (tertiary/aromatic N) is 2. The van der Waals surface area contributed by atoms with Gasteiger partial charge in [-0.15, -0.1) is 0 Å². The fourth-order valence-electron chi connectivity index (χ4n) is 2.61. The molecule has 0 aliphatic rings. The van der Waals surface area contributed by atoms with Crippen LogP contribution >= 0.6 is 0 Å². The highest BCUT2D eigenvalue weighted by Crippen LogP contribution is 2.19. The van der Waals surface area contributed by atoms with Crippen LogP contribution in [0.25, 0.3) is 0 Å². The Bertz CT molecular complexity index is 417. The lowest BCUT2D eigenvalue weighted by Crippen LogP contribution is -2.51. The first-order chi connectivity index (χ1) is 9.59. The van der Waals surface area contributed by atoms with E-state index in [1.165, 1.54) is 0 Å². The molecule has 1 atom stereocenters. The third-order valence-corrected chi connectivity index (χ3v) is 3.81. The molecular formula is C15H27N3O2. The minimum atomic E-state index is -0.791. The number of rotatable bonds is 10. The first kappa shape index (κ1) is 16.7. The molecule has 0 bridgehead atoms. The molecule has 0 spiro atoms. The summed E-state index contributed by atoms with van der Waals surface area (Å²) in [5.41, 5.74) is -0.791. The number of likely N-dealkylation sites (N-methyl/N-ethyl adjacent to an activating group) is 1. The SMILES string of the molecule is CCCc1nccn1CCCC(CC)(NCC)C(=O)O. The first-order valence-corrected chi connectivity index (χ1v) is 7.58. The van der Waals surface area contributed by atoms with Crippen molar-refractivity contribution in [2.45, 2.75) is 65.0 Å². The van der Waals surface area contributed by atoms with E-state index in [4.69, 9.17) is 0 Å². The van der Waals surface area contributed by atoms with Gasteiger partial charge in [-0.05, 0) is 32.2 Å². The second-order valence-corrected chi connectivity index (χ2v) is 5.16. The van der Waals surface area contributed by atoms with E-state index in [2.05, 4.69) is 21.8 Å². The van der Waals surface area contributed by atoms with Crippen molar-refractivity contribution in [1.29, 1.82) is 0 Å². The van der Waals surface area contributed by atoms with Crippen molar-refractivity contribution in [2.75, 3.05) is 6.54 Å². The molecule has 1 heterocycles. The molecule has 0 aliphatic carbocycles. The summed E-state index contributed by atoms with van der Waals surface area (Å²) in [6, 6.07) is 0. The Morgan fingerprint density at radius 1 is 1.45 bits per heavy atom. The van der Waals surface area contributed by atoms with Crippen molar-refractivity contribution in [1.82, 2.24) is 14.9 Å². The number of hydrogen-bond donors (Lipinski definition) is 2. The van der Waals surface area contributed by atoms with E-state index in [-0.39, 0.29) is 0 Å². The van der Waals surface area contributed by atoms with Crippen molar-refractivity contribution in [3.05, 3.63) is 18.2 Å². The van der Waals surface area contributed by atoms with Gasteiger partial charge in [0.2, 0.25) is 0 Å². The molecule has 0 amide bonds. The lowest BCUT2D eigenvalue weighted by Gasteiger charge is -2.29. The molecule has 2 N–H and O–H groups in total. The Balaban J connectivity index is 2.60. The lowest BCUT2D eigenvalue weighted by molar-refractivity contribution is -0.145. The molecule has 0 aromatic carbocycles. The summed E-state index contributed by atoms with van der Waals surface area (Å²) in [6.07, 6.45) is 7.91. The number of carboxylic acid groups (broad SMARTS) is 1. The van der Waals surface area contributed by atoms with Crippen molar-refractivity contribution in [3.8, 4) is 0 Å². The summed E-state index contributed by atoms with van der Waals surface area (Å²) in [6.45, 7) is 7.51. The largest absolute Gasteiger partial charge is 0.480 e. The van der Waals surface area contributed by atoms with E-state index < -0.39 is 11.5 Å². The van der Waals surface area contributed by atoms with Crippen LogP contribution in [0, 0.1) is 0 Å². The molecule has 1 aromatic heterocycles. The Morgan fingerprint density at radius 3 is 2.75 bits per heavy atom. The maximum Gasteiger partial charge on any atom is 0.323 e. The second kappa shape index (κ2) is 8.04. The van der Waals surface area contributed by atoms with Crippen LogP contribution in [-0.4, -0.2) is 32.7 Å². The summed E-state index contributed by atoms with van der Waals surface area (Å²) >= 11 is 0. The highest BCUT2D eigenvalue weighted by Gasteiger charge is 2.34. The van der Waals surface area contributed by atoms with Gasteiger partial charge in [-0.3, -0.25) is 4.79 Å². The van der Waals surface area contributed by atoms with Crippen LogP contribution in [0.2, 0.25) is 0 Å². The number of hydrogen-bond acceptors (Lipinski definition) is 3. The van der Waals surface area contributed by atoms with Gasteiger partial charge in [0, 0.05) is 25.4 Å². The van der Waals surface area contributed by atoms with Crippen LogP contribution in [0.15, 0.2) is 12.4 Å². The average Bonchev–Trinajstić information content (AvgIpc) is 2.85. The average molecular weight is 281 g/mol. The van der Waals surface area contributed by atoms with Crippen molar-refractivity contribution in [2.24, 2.45) is 0 Å². The summed E-state index contributed by atoms with van der Waals surface area (Å²) in [5, 5.41) is 12.6. The predicted molar refractivity (Wildman–Crippen MR) is 79.8 cm³/mol. The zero-order valence-corrected chi connectivity index (χ0v) is 12.9. The zero-order chi connectivity index (χ0) is 15.0. The number of aryl methyl sites for hydroxylation is 2. The lowest BCUT2D eigenvalue weighted by atomic mass is 9.90. The molecule has 1 aromatic rings. The predicted octanol–water partition coefficient (Wildman–Crippen LogP) is 2.46. The molecule has 0 saturated heterocycles. The van der Waals surface area contributed by atoms with Crippen LogP contribution in [0.3, 0.4) is 0 Å². The van der Waals surface area contributed by atoms with E-state index in [1.54, 1.807) is 0 Å². The van der Waals surface area contributed by atoms with Gasteiger partial charge >= 0.3 is 5.97 Å². The maximum absolute atomic E-state index is 11.5.